The largest absolute Gasteiger partial charge is 0.363 e. The number of anilines is 1. The molecule has 1 atom stereocenters. The quantitative estimate of drug-likeness (QED) is 0.607. The maximum Gasteiger partial charge on any atom is 0.164 e. The fourth-order valence-corrected chi connectivity index (χ4v) is 2.68. The van der Waals surface area contributed by atoms with Crippen LogP contribution in [0.25, 0.3) is 16.9 Å². The third-order valence-corrected chi connectivity index (χ3v) is 4.03. The maximum atomic E-state index is 13.4. The van der Waals surface area contributed by atoms with E-state index >= 15 is 0 Å². The minimum absolute atomic E-state index is 0.269. The molecule has 0 aliphatic carbocycles. The van der Waals surface area contributed by atoms with Crippen molar-refractivity contribution in [3.05, 3.63) is 72.4 Å². The smallest absolute Gasteiger partial charge is 0.164 e. The molecule has 1 N–H and O–H groups in total. The van der Waals surface area contributed by atoms with Crippen LogP contribution in [0.2, 0.25) is 0 Å². The lowest BCUT2D eigenvalue weighted by atomic mass is 10.1. The highest BCUT2D eigenvalue weighted by molar-refractivity contribution is 5.75. The van der Waals surface area contributed by atoms with Gasteiger partial charge in [0.05, 0.1) is 23.5 Å². The van der Waals surface area contributed by atoms with E-state index in [9.17, 15) is 8.78 Å². The average Bonchev–Trinajstić information content (AvgIpc) is 3.08. The van der Waals surface area contributed by atoms with Gasteiger partial charge in [-0.05, 0) is 30.7 Å². The molecule has 0 fully saturated rings. The summed E-state index contributed by atoms with van der Waals surface area (Å²) < 4.78 is 28.2. The molecule has 4 rings (SSSR count). The highest BCUT2D eigenvalue weighted by atomic mass is 19.2. The van der Waals surface area contributed by atoms with Gasteiger partial charge in [-0.2, -0.15) is 5.10 Å². The van der Waals surface area contributed by atoms with Crippen molar-refractivity contribution in [3.63, 3.8) is 0 Å². The molecular formula is C18H14F2N6. The van der Waals surface area contributed by atoms with Gasteiger partial charge in [-0.3, -0.25) is 0 Å². The molecule has 6 nitrogen and oxygen atoms in total. The molecule has 3 aromatic heterocycles. The van der Waals surface area contributed by atoms with Crippen molar-refractivity contribution < 1.29 is 8.78 Å². The maximum absolute atomic E-state index is 13.4. The summed E-state index contributed by atoms with van der Waals surface area (Å²) in [7, 11) is 0. The van der Waals surface area contributed by atoms with Crippen molar-refractivity contribution in [1.82, 2.24) is 24.6 Å². The topological polar surface area (TPSA) is 68.0 Å². The predicted molar refractivity (Wildman–Crippen MR) is 92.4 cm³/mol. The van der Waals surface area contributed by atoms with Crippen LogP contribution < -0.4 is 5.32 Å². The number of hydrogen-bond acceptors (Lipinski definition) is 5. The van der Waals surface area contributed by atoms with E-state index in [1.807, 2.05) is 6.92 Å². The molecular weight excluding hydrogens is 338 g/mol. The summed E-state index contributed by atoms with van der Waals surface area (Å²) in [6.45, 7) is 1.84. The first-order valence-corrected chi connectivity index (χ1v) is 7.94. The lowest BCUT2D eigenvalue weighted by Gasteiger charge is -2.15. The first-order valence-electron chi connectivity index (χ1n) is 7.94. The number of aromatic nitrogens is 5. The number of hydrogen-bond donors (Lipinski definition) is 1. The fraction of sp³-hybridized carbons (Fsp3) is 0.111. The molecule has 8 heteroatoms. The number of rotatable bonds is 4. The summed E-state index contributed by atoms with van der Waals surface area (Å²) in [6.07, 6.45) is 6.61. The van der Waals surface area contributed by atoms with Crippen LogP contribution in [0.5, 0.6) is 0 Å². The van der Waals surface area contributed by atoms with Crippen molar-refractivity contribution in [3.8, 4) is 11.3 Å². The summed E-state index contributed by atoms with van der Waals surface area (Å²) >= 11 is 0. The van der Waals surface area contributed by atoms with Crippen LogP contribution in [0, 0.1) is 11.6 Å². The van der Waals surface area contributed by atoms with Crippen molar-refractivity contribution in [2.45, 2.75) is 13.0 Å². The Kier molecular flexibility index (Phi) is 4.00. The molecule has 0 amide bonds. The molecule has 0 radical (unpaired) electrons. The monoisotopic (exact) mass is 352 g/mol. The Morgan fingerprint density at radius 2 is 1.96 bits per heavy atom. The highest BCUT2D eigenvalue weighted by Crippen LogP contribution is 2.24. The van der Waals surface area contributed by atoms with Gasteiger partial charge >= 0.3 is 0 Å². The fourth-order valence-electron chi connectivity index (χ4n) is 2.68. The lowest BCUT2D eigenvalue weighted by molar-refractivity contribution is 0.506. The van der Waals surface area contributed by atoms with Gasteiger partial charge in [0.25, 0.3) is 0 Å². The van der Waals surface area contributed by atoms with Gasteiger partial charge in [0.1, 0.15) is 12.1 Å². The van der Waals surface area contributed by atoms with E-state index < -0.39 is 11.6 Å². The van der Waals surface area contributed by atoms with E-state index in [4.69, 9.17) is 0 Å². The second-order valence-electron chi connectivity index (χ2n) is 5.77. The summed E-state index contributed by atoms with van der Waals surface area (Å²) in [5.41, 5.74) is 2.73. The molecule has 0 saturated carbocycles. The Bertz CT molecular complexity index is 1080. The second-order valence-corrected chi connectivity index (χ2v) is 5.77. The van der Waals surface area contributed by atoms with Crippen molar-refractivity contribution in [2.75, 3.05) is 5.32 Å². The zero-order valence-electron chi connectivity index (χ0n) is 13.8. The first-order chi connectivity index (χ1) is 12.6. The minimum atomic E-state index is -0.878. The molecule has 0 aliphatic heterocycles. The van der Waals surface area contributed by atoms with E-state index in [0.29, 0.717) is 22.7 Å². The zero-order chi connectivity index (χ0) is 18.1. The molecule has 0 bridgehead atoms. The normalized spacial score (nSPS) is 12.3. The molecule has 3 heterocycles. The van der Waals surface area contributed by atoms with Gasteiger partial charge in [-0.1, -0.05) is 6.07 Å². The zero-order valence-corrected chi connectivity index (χ0v) is 13.8. The van der Waals surface area contributed by atoms with E-state index in [-0.39, 0.29) is 6.04 Å². The van der Waals surface area contributed by atoms with E-state index in [2.05, 4.69) is 25.4 Å². The van der Waals surface area contributed by atoms with Gasteiger partial charge in [-0.25, -0.2) is 28.2 Å². The van der Waals surface area contributed by atoms with Crippen LogP contribution in [0.15, 0.2) is 55.2 Å². The summed E-state index contributed by atoms with van der Waals surface area (Å²) in [6, 6.07) is 7.11. The molecule has 130 valence electrons. The third-order valence-electron chi connectivity index (χ3n) is 4.03. The van der Waals surface area contributed by atoms with Gasteiger partial charge < -0.3 is 5.32 Å². The Balaban J connectivity index is 1.62. The molecule has 4 aromatic rings. The van der Waals surface area contributed by atoms with Crippen LogP contribution in [0.4, 0.5) is 14.6 Å². The van der Waals surface area contributed by atoms with Crippen LogP contribution in [0.3, 0.4) is 0 Å². The second kappa shape index (κ2) is 6.47. The average molecular weight is 352 g/mol. The van der Waals surface area contributed by atoms with Crippen LogP contribution in [0.1, 0.15) is 18.5 Å². The van der Waals surface area contributed by atoms with Crippen LogP contribution in [-0.4, -0.2) is 24.6 Å². The highest BCUT2D eigenvalue weighted by Gasteiger charge is 2.13. The molecule has 0 spiro atoms. The van der Waals surface area contributed by atoms with Gasteiger partial charge in [0.2, 0.25) is 0 Å². The number of benzene rings is 1. The van der Waals surface area contributed by atoms with Crippen molar-refractivity contribution >= 4 is 11.5 Å². The predicted octanol–water partition coefficient (Wildman–Crippen LogP) is 3.64. The molecule has 0 saturated heterocycles. The molecule has 0 unspecified atom stereocenters. The van der Waals surface area contributed by atoms with Gasteiger partial charge in [-0.15, -0.1) is 0 Å². The van der Waals surface area contributed by atoms with Crippen molar-refractivity contribution in [2.24, 2.45) is 0 Å². The number of fused-ring (bicyclic) bond motifs is 1. The Labute approximate surface area is 147 Å². The Morgan fingerprint density at radius 3 is 2.81 bits per heavy atom. The first kappa shape index (κ1) is 16.1. The summed E-state index contributed by atoms with van der Waals surface area (Å²) in [5, 5.41) is 7.41. The molecule has 1 aromatic carbocycles. The van der Waals surface area contributed by atoms with Crippen LogP contribution in [-0.2, 0) is 0 Å². The van der Waals surface area contributed by atoms with Gasteiger partial charge in [0, 0.05) is 18.5 Å². The number of halogens is 2. The van der Waals surface area contributed by atoms with Crippen molar-refractivity contribution in [1.29, 1.82) is 0 Å². The molecule has 0 aliphatic rings. The van der Waals surface area contributed by atoms with E-state index in [1.165, 1.54) is 18.5 Å². The third kappa shape index (κ3) is 2.97. The number of nitrogens with one attached hydrogen (secondary N) is 1. The summed E-state index contributed by atoms with van der Waals surface area (Å²) in [5.74, 6) is -1.19. The Hall–Kier alpha value is -3.42. The SMILES string of the molecule is C[C@H](Nc1cc(-c2cnn3cccnc23)ncn1)c1ccc(F)c(F)c1. The van der Waals surface area contributed by atoms with E-state index in [1.54, 1.807) is 35.2 Å². The van der Waals surface area contributed by atoms with E-state index in [0.717, 1.165) is 11.6 Å². The van der Waals surface area contributed by atoms with Crippen LogP contribution >= 0.6 is 0 Å². The standard InChI is InChI=1S/C18H14F2N6/c1-11(12-3-4-14(19)15(20)7-12)25-17-8-16(22-10-23-17)13-9-24-26-6-2-5-21-18(13)26/h2-11H,1H3,(H,22,23,25)/t11-/m0/s1. The Morgan fingerprint density at radius 1 is 1.08 bits per heavy atom. The lowest BCUT2D eigenvalue weighted by Crippen LogP contribution is -2.09. The minimum Gasteiger partial charge on any atom is -0.363 e. The van der Waals surface area contributed by atoms with Gasteiger partial charge in [0.15, 0.2) is 17.3 Å². The number of nitrogens with zero attached hydrogens (tertiary/aromatic N) is 5. The molecule has 26 heavy (non-hydrogen) atoms. The summed E-state index contributed by atoms with van der Waals surface area (Å²) in [4.78, 5) is 12.8.